The van der Waals surface area contributed by atoms with Gasteiger partial charge in [0, 0.05) is 19.1 Å². The van der Waals surface area contributed by atoms with E-state index in [1.807, 2.05) is 6.92 Å². The Hall–Kier alpha value is -3.77. The molecular formula is C28H31N7O4S. The van der Waals surface area contributed by atoms with Crippen LogP contribution >= 0.6 is 0 Å². The van der Waals surface area contributed by atoms with E-state index in [4.69, 9.17) is 9.72 Å². The van der Waals surface area contributed by atoms with Gasteiger partial charge in [0.05, 0.1) is 46.4 Å². The third kappa shape index (κ3) is 4.97. The number of aromatic nitrogens is 6. The van der Waals surface area contributed by atoms with Gasteiger partial charge in [-0.25, -0.2) is 33.3 Å². The molecule has 0 spiro atoms. The highest BCUT2D eigenvalue weighted by Gasteiger charge is 2.31. The molecule has 1 unspecified atom stereocenters. The average molecular weight is 562 g/mol. The highest BCUT2D eigenvalue weighted by molar-refractivity contribution is 7.91. The first-order valence-corrected chi connectivity index (χ1v) is 15.3. The van der Waals surface area contributed by atoms with Crippen molar-refractivity contribution in [2.45, 2.75) is 62.9 Å². The van der Waals surface area contributed by atoms with Gasteiger partial charge in [0.2, 0.25) is 0 Å². The van der Waals surface area contributed by atoms with Crippen LogP contribution in [0.15, 0.2) is 46.5 Å². The second kappa shape index (κ2) is 10.7. The Balaban J connectivity index is 1.39. The van der Waals surface area contributed by atoms with E-state index in [0.29, 0.717) is 55.5 Å². The number of rotatable bonds is 9. The summed E-state index contributed by atoms with van der Waals surface area (Å²) in [6.07, 6.45) is 6.83. The predicted molar refractivity (Wildman–Crippen MR) is 150 cm³/mol. The van der Waals surface area contributed by atoms with Crippen LogP contribution in [0.1, 0.15) is 62.0 Å². The summed E-state index contributed by atoms with van der Waals surface area (Å²) in [6.45, 7) is 4.93. The largest absolute Gasteiger partial charge is 0.379 e. The van der Waals surface area contributed by atoms with Crippen LogP contribution in [0.2, 0.25) is 0 Å². The number of hydrogen-bond acceptors (Lipinski definition) is 10. The quantitative estimate of drug-likeness (QED) is 0.323. The number of nitrogens with zero attached hydrogens (tertiary/aromatic N) is 6. The molecule has 1 aliphatic heterocycles. The number of hydrogen-bond donors (Lipinski definition) is 1. The van der Waals surface area contributed by atoms with Gasteiger partial charge in [-0.05, 0) is 43.4 Å². The monoisotopic (exact) mass is 561 g/mol. The van der Waals surface area contributed by atoms with Crippen LogP contribution in [-0.4, -0.2) is 56.9 Å². The van der Waals surface area contributed by atoms with Crippen LogP contribution in [0.25, 0.3) is 22.6 Å². The molecule has 0 bridgehead atoms. The lowest BCUT2D eigenvalue weighted by molar-refractivity contribution is 0.186. The molecule has 1 N–H and O–H groups in total. The Morgan fingerprint density at radius 1 is 1.05 bits per heavy atom. The van der Waals surface area contributed by atoms with Gasteiger partial charge >= 0.3 is 0 Å². The molecule has 208 valence electrons. The van der Waals surface area contributed by atoms with Crippen molar-refractivity contribution in [1.82, 2.24) is 29.5 Å². The van der Waals surface area contributed by atoms with Crippen molar-refractivity contribution < 1.29 is 13.2 Å². The number of anilines is 1. The molecule has 2 aliphatic rings. The molecule has 4 heterocycles. The van der Waals surface area contributed by atoms with Crippen molar-refractivity contribution in [2.75, 3.05) is 24.3 Å². The molecule has 0 amide bonds. The summed E-state index contributed by atoms with van der Waals surface area (Å²) in [5.74, 6) is 1.10. The lowest BCUT2D eigenvalue weighted by atomic mass is 10.1. The second-order valence-electron chi connectivity index (χ2n) is 10.2. The number of sulfone groups is 1. The van der Waals surface area contributed by atoms with Gasteiger partial charge in [0.25, 0.3) is 5.56 Å². The zero-order valence-corrected chi connectivity index (χ0v) is 23.3. The van der Waals surface area contributed by atoms with Gasteiger partial charge in [0.1, 0.15) is 11.8 Å². The maximum atomic E-state index is 13.8. The van der Waals surface area contributed by atoms with Crippen molar-refractivity contribution in [3.63, 3.8) is 0 Å². The molecule has 0 radical (unpaired) electrons. The van der Waals surface area contributed by atoms with E-state index < -0.39 is 9.84 Å². The zero-order valence-electron chi connectivity index (χ0n) is 22.5. The summed E-state index contributed by atoms with van der Waals surface area (Å²) in [6, 6.07) is 6.46. The number of aryl methyl sites for hydroxylation is 1. The van der Waals surface area contributed by atoms with Gasteiger partial charge in [-0.3, -0.25) is 9.36 Å². The summed E-state index contributed by atoms with van der Waals surface area (Å²) in [5.41, 5.74) is 4.18. The first kappa shape index (κ1) is 26.5. The van der Waals surface area contributed by atoms with E-state index in [9.17, 15) is 13.2 Å². The maximum absolute atomic E-state index is 13.8. The van der Waals surface area contributed by atoms with Crippen molar-refractivity contribution in [3.05, 3.63) is 64.1 Å². The Kier molecular flexibility index (Phi) is 7.05. The van der Waals surface area contributed by atoms with E-state index in [1.54, 1.807) is 48.3 Å². The molecule has 1 aromatic carbocycles. The minimum absolute atomic E-state index is 0.0404. The second-order valence-corrected chi connectivity index (χ2v) is 12.4. The Bertz CT molecular complexity index is 1730. The molecule has 1 atom stereocenters. The molecule has 2 fully saturated rings. The first-order valence-electron chi connectivity index (χ1n) is 13.7. The van der Waals surface area contributed by atoms with Crippen LogP contribution in [-0.2, 0) is 27.5 Å². The van der Waals surface area contributed by atoms with Gasteiger partial charge in [-0.1, -0.05) is 26.0 Å². The van der Waals surface area contributed by atoms with E-state index in [2.05, 4.69) is 25.3 Å². The number of nitrogens with one attached hydrogen (secondary N) is 1. The minimum Gasteiger partial charge on any atom is -0.379 e. The molecule has 3 aromatic heterocycles. The third-order valence-electron chi connectivity index (χ3n) is 7.50. The van der Waals surface area contributed by atoms with E-state index >= 15 is 0 Å². The molecule has 4 aromatic rings. The fraction of sp³-hybridized carbons (Fsp3) is 0.429. The summed E-state index contributed by atoms with van der Waals surface area (Å²) in [5, 5.41) is 3.14. The van der Waals surface area contributed by atoms with Crippen molar-refractivity contribution in [2.24, 2.45) is 0 Å². The molecule has 12 heteroatoms. The fourth-order valence-corrected chi connectivity index (χ4v) is 5.97. The van der Waals surface area contributed by atoms with Gasteiger partial charge < -0.3 is 10.1 Å². The van der Waals surface area contributed by atoms with Gasteiger partial charge in [-0.15, -0.1) is 0 Å². The third-order valence-corrected chi connectivity index (χ3v) is 9.25. The Morgan fingerprint density at radius 3 is 2.52 bits per heavy atom. The van der Waals surface area contributed by atoms with Crippen molar-refractivity contribution in [3.8, 4) is 11.4 Å². The zero-order chi connectivity index (χ0) is 27.9. The van der Waals surface area contributed by atoms with Crippen LogP contribution < -0.4 is 10.9 Å². The lowest BCUT2D eigenvalue weighted by Crippen LogP contribution is -2.30. The molecule has 1 aliphatic carbocycles. The predicted octanol–water partition coefficient (Wildman–Crippen LogP) is 3.45. The van der Waals surface area contributed by atoms with Crippen LogP contribution in [0, 0.1) is 0 Å². The van der Waals surface area contributed by atoms with Gasteiger partial charge in [0.15, 0.2) is 27.1 Å². The first-order chi connectivity index (χ1) is 19.4. The molecule has 40 heavy (non-hydrogen) atoms. The van der Waals surface area contributed by atoms with Crippen LogP contribution in [0.3, 0.4) is 0 Å². The highest BCUT2D eigenvalue weighted by Crippen LogP contribution is 2.43. The summed E-state index contributed by atoms with van der Waals surface area (Å²) in [4.78, 5) is 37.3. The summed E-state index contributed by atoms with van der Waals surface area (Å²) in [7, 11) is -3.28. The molecule has 1 saturated heterocycles. The molecule has 1 saturated carbocycles. The van der Waals surface area contributed by atoms with E-state index in [-0.39, 0.29) is 28.1 Å². The molecular weight excluding hydrogens is 530 g/mol. The van der Waals surface area contributed by atoms with E-state index in [0.717, 1.165) is 35.4 Å². The van der Waals surface area contributed by atoms with E-state index in [1.165, 1.54) is 0 Å². The maximum Gasteiger partial charge on any atom is 0.295 e. The lowest BCUT2D eigenvalue weighted by Gasteiger charge is -2.18. The number of ether oxygens (including phenoxy) is 1. The SMILES string of the molecule is CCc1ncnc(C2CC2)c1-c1ncc2nc(NCc3ccc(S(=O)(=O)CC)cc3)c(=O)n(C3CCOC3)c2n1. The topological polar surface area (TPSA) is 142 Å². The number of fused-ring (bicyclic) bond motifs is 1. The number of benzene rings is 1. The average Bonchev–Trinajstić information content (AvgIpc) is 3.69. The van der Waals surface area contributed by atoms with Crippen molar-refractivity contribution in [1.29, 1.82) is 0 Å². The smallest absolute Gasteiger partial charge is 0.295 e. The van der Waals surface area contributed by atoms with Crippen LogP contribution in [0.4, 0.5) is 5.82 Å². The van der Waals surface area contributed by atoms with Crippen LogP contribution in [0.5, 0.6) is 0 Å². The molecule has 6 rings (SSSR count). The summed E-state index contributed by atoms with van der Waals surface area (Å²) >= 11 is 0. The van der Waals surface area contributed by atoms with Gasteiger partial charge in [-0.2, -0.15) is 0 Å². The normalized spacial score (nSPS) is 17.4. The standard InChI is InChI=1S/C28H31N7O4S/c1-3-21-23(24(18-7-8-18)32-16-31-21)25-30-14-22-27(34-25)35(19-11-12-39-15-19)28(36)26(33-22)29-13-17-5-9-20(10-6-17)40(37,38)4-2/h5-6,9-10,14,16,18-19H,3-4,7-8,11-13,15H2,1-2H3,(H,29,33). The minimum atomic E-state index is -3.28. The Labute approximate surface area is 232 Å². The Morgan fingerprint density at radius 2 is 1.85 bits per heavy atom. The summed E-state index contributed by atoms with van der Waals surface area (Å²) < 4.78 is 31.6. The highest BCUT2D eigenvalue weighted by atomic mass is 32.2. The van der Waals surface area contributed by atoms with Crippen molar-refractivity contribution >= 4 is 26.8 Å². The fourth-order valence-electron chi connectivity index (χ4n) is 5.08. The molecule has 11 nitrogen and oxygen atoms in total.